The number of para-hydroxylation sites is 1. The Kier molecular flexibility index (Phi) is 4.38. The molecule has 0 saturated heterocycles. The van der Waals surface area contributed by atoms with Gasteiger partial charge < -0.3 is 14.5 Å². The predicted molar refractivity (Wildman–Crippen MR) is 107 cm³/mol. The normalized spacial score (nSPS) is 10.7. The lowest BCUT2D eigenvalue weighted by Crippen LogP contribution is -2.02. The zero-order chi connectivity index (χ0) is 18.8. The Morgan fingerprint density at radius 1 is 0.778 bits per heavy atom. The standard InChI is InChI=1S/C23H19NO3/c1-26-21-11-10-18(14-22(21)27-2)23(25)17-8-5-7-15(12-17)20-13-16-6-3-4-9-19(16)24-20/h3-14,24H,1-2H3. The zero-order valence-electron chi connectivity index (χ0n) is 15.2. The van der Waals surface area contributed by atoms with Crippen molar-refractivity contribution in [2.75, 3.05) is 14.2 Å². The van der Waals surface area contributed by atoms with Crippen LogP contribution in [0.15, 0.2) is 72.8 Å². The number of carbonyl (C=O) groups excluding carboxylic acids is 1. The number of hydrogen-bond acceptors (Lipinski definition) is 3. The van der Waals surface area contributed by atoms with Gasteiger partial charge in [0.1, 0.15) is 0 Å². The van der Waals surface area contributed by atoms with E-state index in [0.29, 0.717) is 22.6 Å². The van der Waals surface area contributed by atoms with Crippen LogP contribution in [0.2, 0.25) is 0 Å². The molecule has 0 saturated carbocycles. The van der Waals surface area contributed by atoms with Gasteiger partial charge in [0.15, 0.2) is 17.3 Å². The van der Waals surface area contributed by atoms with E-state index in [1.54, 1.807) is 32.4 Å². The molecule has 0 radical (unpaired) electrons. The molecular formula is C23H19NO3. The average molecular weight is 357 g/mol. The molecule has 4 rings (SSSR count). The first kappa shape index (κ1) is 16.9. The predicted octanol–water partition coefficient (Wildman–Crippen LogP) is 5.08. The van der Waals surface area contributed by atoms with E-state index in [-0.39, 0.29) is 5.78 Å². The molecule has 1 N–H and O–H groups in total. The van der Waals surface area contributed by atoms with Crippen molar-refractivity contribution in [3.05, 3.63) is 83.9 Å². The lowest BCUT2D eigenvalue weighted by atomic mass is 10.00. The number of hydrogen-bond donors (Lipinski definition) is 1. The molecule has 0 unspecified atom stereocenters. The molecule has 0 spiro atoms. The number of carbonyl (C=O) groups is 1. The molecule has 4 aromatic rings. The molecule has 27 heavy (non-hydrogen) atoms. The van der Waals surface area contributed by atoms with Crippen LogP contribution in [-0.2, 0) is 0 Å². The molecule has 0 atom stereocenters. The second-order valence-electron chi connectivity index (χ2n) is 6.25. The summed E-state index contributed by atoms with van der Waals surface area (Å²) in [4.78, 5) is 16.4. The van der Waals surface area contributed by atoms with E-state index in [1.807, 2.05) is 42.5 Å². The van der Waals surface area contributed by atoms with E-state index in [9.17, 15) is 4.79 Å². The van der Waals surface area contributed by atoms with Crippen molar-refractivity contribution in [2.45, 2.75) is 0 Å². The summed E-state index contributed by atoms with van der Waals surface area (Å²) in [6, 6.07) is 23.0. The van der Waals surface area contributed by atoms with E-state index in [4.69, 9.17) is 9.47 Å². The van der Waals surface area contributed by atoms with Crippen LogP contribution >= 0.6 is 0 Å². The van der Waals surface area contributed by atoms with Crippen LogP contribution in [0, 0.1) is 0 Å². The molecule has 3 aromatic carbocycles. The van der Waals surface area contributed by atoms with E-state index in [2.05, 4.69) is 17.1 Å². The smallest absolute Gasteiger partial charge is 0.193 e. The zero-order valence-corrected chi connectivity index (χ0v) is 15.2. The van der Waals surface area contributed by atoms with Crippen LogP contribution in [0.1, 0.15) is 15.9 Å². The first-order valence-electron chi connectivity index (χ1n) is 8.64. The van der Waals surface area contributed by atoms with Gasteiger partial charge >= 0.3 is 0 Å². The summed E-state index contributed by atoms with van der Waals surface area (Å²) in [6.45, 7) is 0. The van der Waals surface area contributed by atoms with Crippen molar-refractivity contribution in [3.8, 4) is 22.8 Å². The van der Waals surface area contributed by atoms with E-state index in [1.165, 1.54) is 0 Å². The van der Waals surface area contributed by atoms with Crippen molar-refractivity contribution >= 4 is 16.7 Å². The third kappa shape index (κ3) is 3.17. The summed E-state index contributed by atoms with van der Waals surface area (Å²) in [5.74, 6) is 1.07. The highest BCUT2D eigenvalue weighted by molar-refractivity contribution is 6.10. The third-order valence-electron chi connectivity index (χ3n) is 4.61. The topological polar surface area (TPSA) is 51.3 Å². The molecule has 0 aliphatic carbocycles. The third-order valence-corrected chi connectivity index (χ3v) is 4.61. The van der Waals surface area contributed by atoms with Gasteiger partial charge in [-0.05, 0) is 42.0 Å². The SMILES string of the molecule is COc1ccc(C(=O)c2cccc(-c3cc4ccccc4[nH]3)c2)cc1OC. The fraction of sp³-hybridized carbons (Fsp3) is 0.0870. The van der Waals surface area contributed by atoms with Gasteiger partial charge in [0.05, 0.1) is 14.2 Å². The first-order valence-corrected chi connectivity index (χ1v) is 8.64. The maximum absolute atomic E-state index is 13.0. The summed E-state index contributed by atoms with van der Waals surface area (Å²) < 4.78 is 10.5. The number of rotatable bonds is 5. The van der Waals surface area contributed by atoms with Gasteiger partial charge in [0.2, 0.25) is 0 Å². The molecule has 0 amide bonds. The quantitative estimate of drug-likeness (QED) is 0.507. The minimum absolute atomic E-state index is 0.0612. The monoisotopic (exact) mass is 357 g/mol. The molecule has 4 heteroatoms. The Morgan fingerprint density at radius 3 is 2.33 bits per heavy atom. The largest absolute Gasteiger partial charge is 0.493 e. The van der Waals surface area contributed by atoms with Crippen molar-refractivity contribution in [1.29, 1.82) is 0 Å². The molecule has 0 aliphatic rings. The summed E-state index contributed by atoms with van der Waals surface area (Å²) in [5, 5.41) is 1.14. The van der Waals surface area contributed by atoms with Crippen molar-refractivity contribution in [3.63, 3.8) is 0 Å². The van der Waals surface area contributed by atoms with Gasteiger partial charge in [-0.2, -0.15) is 0 Å². The maximum atomic E-state index is 13.0. The van der Waals surface area contributed by atoms with Crippen LogP contribution in [0.3, 0.4) is 0 Å². The van der Waals surface area contributed by atoms with Gasteiger partial charge in [0.25, 0.3) is 0 Å². The number of aromatic nitrogens is 1. The van der Waals surface area contributed by atoms with Gasteiger partial charge in [-0.1, -0.05) is 36.4 Å². The minimum Gasteiger partial charge on any atom is -0.493 e. The number of fused-ring (bicyclic) bond motifs is 1. The molecule has 1 aromatic heterocycles. The van der Waals surface area contributed by atoms with Gasteiger partial charge in [-0.3, -0.25) is 4.79 Å². The fourth-order valence-electron chi connectivity index (χ4n) is 3.20. The molecule has 0 fully saturated rings. The number of nitrogens with one attached hydrogen (secondary N) is 1. The van der Waals surface area contributed by atoms with Crippen LogP contribution in [0.4, 0.5) is 0 Å². The molecule has 1 heterocycles. The Bertz CT molecular complexity index is 1090. The summed E-state index contributed by atoms with van der Waals surface area (Å²) in [7, 11) is 3.13. The summed E-state index contributed by atoms with van der Waals surface area (Å²) >= 11 is 0. The molecular weight excluding hydrogens is 338 g/mol. The van der Waals surface area contributed by atoms with Crippen LogP contribution < -0.4 is 9.47 Å². The second kappa shape index (κ2) is 7.00. The van der Waals surface area contributed by atoms with E-state index >= 15 is 0 Å². The van der Waals surface area contributed by atoms with Crippen molar-refractivity contribution in [1.82, 2.24) is 4.98 Å². The number of aromatic amines is 1. The van der Waals surface area contributed by atoms with Crippen molar-refractivity contribution < 1.29 is 14.3 Å². The lowest BCUT2D eigenvalue weighted by Gasteiger charge is -2.09. The van der Waals surface area contributed by atoms with E-state index in [0.717, 1.165) is 22.2 Å². The fourth-order valence-corrected chi connectivity index (χ4v) is 3.20. The molecule has 4 nitrogen and oxygen atoms in total. The molecule has 0 bridgehead atoms. The minimum atomic E-state index is -0.0612. The number of ketones is 1. The van der Waals surface area contributed by atoms with E-state index < -0.39 is 0 Å². The number of methoxy groups -OCH3 is 2. The first-order chi connectivity index (χ1) is 13.2. The lowest BCUT2D eigenvalue weighted by molar-refractivity contribution is 0.103. The van der Waals surface area contributed by atoms with Gasteiger partial charge in [-0.15, -0.1) is 0 Å². The van der Waals surface area contributed by atoms with Gasteiger partial charge in [0, 0.05) is 27.7 Å². The highest BCUT2D eigenvalue weighted by Gasteiger charge is 2.14. The maximum Gasteiger partial charge on any atom is 0.193 e. The highest BCUT2D eigenvalue weighted by atomic mass is 16.5. The van der Waals surface area contributed by atoms with Crippen LogP contribution in [-0.4, -0.2) is 25.0 Å². The number of benzene rings is 3. The molecule has 0 aliphatic heterocycles. The Hall–Kier alpha value is -3.53. The summed E-state index contributed by atoms with van der Waals surface area (Å²) in [6.07, 6.45) is 0. The highest BCUT2D eigenvalue weighted by Crippen LogP contribution is 2.29. The Labute approximate surface area is 157 Å². The van der Waals surface area contributed by atoms with Crippen LogP contribution in [0.25, 0.3) is 22.2 Å². The van der Waals surface area contributed by atoms with Crippen molar-refractivity contribution in [2.24, 2.45) is 0 Å². The second-order valence-corrected chi connectivity index (χ2v) is 6.25. The Balaban J connectivity index is 1.70. The van der Waals surface area contributed by atoms with Gasteiger partial charge in [-0.25, -0.2) is 0 Å². The Morgan fingerprint density at radius 2 is 1.56 bits per heavy atom. The number of H-pyrrole nitrogens is 1. The summed E-state index contributed by atoms with van der Waals surface area (Å²) in [5.41, 5.74) is 4.21. The molecule has 134 valence electrons. The van der Waals surface area contributed by atoms with Crippen LogP contribution in [0.5, 0.6) is 11.5 Å². The number of ether oxygens (including phenoxy) is 2. The average Bonchev–Trinajstić information content (AvgIpc) is 3.17.